The third-order valence-electron chi connectivity index (χ3n) is 5.91. The van der Waals surface area contributed by atoms with Gasteiger partial charge in [0.05, 0.1) is 17.7 Å². The van der Waals surface area contributed by atoms with Gasteiger partial charge >= 0.3 is 0 Å². The van der Waals surface area contributed by atoms with Crippen LogP contribution < -0.4 is 15.5 Å². The Morgan fingerprint density at radius 3 is 2.48 bits per heavy atom. The number of rotatable bonds is 5. The fourth-order valence-corrected chi connectivity index (χ4v) is 4.61. The highest BCUT2D eigenvalue weighted by Crippen LogP contribution is 2.31. The van der Waals surface area contributed by atoms with Crippen molar-refractivity contribution in [3.05, 3.63) is 45.0 Å². The second kappa shape index (κ2) is 8.98. The van der Waals surface area contributed by atoms with Gasteiger partial charge in [0.25, 0.3) is 0 Å². The topological polar surface area (TPSA) is 73.4 Å². The standard InChI is InChI=1S/C21H25Cl3N6O/c1-13(15-4-3-14(22)9-16(15)23)27-18-17(24)10-26-20(28-18)30-7-5-29(6-8-30)19(31)21(2)11-25-12-21/h3-4,9-10,13,25H,5-8,11-12H2,1-2H3,(H,26,27,28)/t13-/m1/s1. The summed E-state index contributed by atoms with van der Waals surface area (Å²) >= 11 is 18.7. The maximum Gasteiger partial charge on any atom is 0.231 e. The number of nitrogens with zero attached hydrogens (tertiary/aromatic N) is 4. The van der Waals surface area contributed by atoms with Gasteiger partial charge in [0.2, 0.25) is 11.9 Å². The summed E-state index contributed by atoms with van der Waals surface area (Å²) in [5.41, 5.74) is 0.628. The number of aromatic nitrogens is 2. The van der Waals surface area contributed by atoms with Crippen LogP contribution in [0.5, 0.6) is 0 Å². The maximum atomic E-state index is 12.7. The molecule has 2 aliphatic rings. The SMILES string of the molecule is C[C@@H](Nc1nc(N2CCN(C(=O)C3(C)CNC3)CC2)ncc1Cl)c1ccc(Cl)cc1Cl. The molecule has 1 atom stereocenters. The summed E-state index contributed by atoms with van der Waals surface area (Å²) in [5, 5.41) is 8.10. The predicted octanol–water partition coefficient (Wildman–Crippen LogP) is 3.87. The first kappa shape index (κ1) is 22.4. The summed E-state index contributed by atoms with van der Waals surface area (Å²) in [7, 11) is 0. The second-order valence-corrected chi connectivity index (χ2v) is 9.59. The molecular weight excluding hydrogens is 459 g/mol. The van der Waals surface area contributed by atoms with E-state index in [1.807, 2.05) is 24.8 Å². The molecule has 0 aliphatic carbocycles. The molecule has 2 saturated heterocycles. The molecule has 2 aliphatic heterocycles. The summed E-state index contributed by atoms with van der Waals surface area (Å²) in [6.45, 7) is 8.15. The van der Waals surface area contributed by atoms with Gasteiger partial charge in [-0.2, -0.15) is 4.98 Å². The molecule has 2 fully saturated rings. The first-order valence-electron chi connectivity index (χ1n) is 10.3. The molecule has 4 rings (SSSR count). The Balaban J connectivity index is 1.43. The van der Waals surface area contributed by atoms with E-state index < -0.39 is 0 Å². The highest BCUT2D eigenvalue weighted by molar-refractivity contribution is 6.35. The molecule has 1 amide bonds. The summed E-state index contributed by atoms with van der Waals surface area (Å²) in [6, 6.07) is 5.27. The quantitative estimate of drug-likeness (QED) is 0.673. The molecule has 166 valence electrons. The molecule has 3 heterocycles. The zero-order valence-electron chi connectivity index (χ0n) is 17.5. The normalized spacial score (nSPS) is 19.0. The minimum absolute atomic E-state index is 0.128. The van der Waals surface area contributed by atoms with E-state index in [1.54, 1.807) is 18.3 Å². The minimum atomic E-state index is -0.269. The number of carbonyl (C=O) groups is 1. The molecule has 0 spiro atoms. The van der Waals surface area contributed by atoms with Crippen LogP contribution in [0.25, 0.3) is 0 Å². The molecular formula is C21H25Cl3N6O. The number of nitrogens with one attached hydrogen (secondary N) is 2. The summed E-state index contributed by atoms with van der Waals surface area (Å²) in [5.74, 6) is 1.35. The van der Waals surface area contributed by atoms with Crippen LogP contribution in [0, 0.1) is 5.41 Å². The fraction of sp³-hybridized carbons (Fsp3) is 0.476. The van der Waals surface area contributed by atoms with Crippen LogP contribution in [0.4, 0.5) is 11.8 Å². The van der Waals surface area contributed by atoms with Gasteiger partial charge in [-0.25, -0.2) is 4.98 Å². The van der Waals surface area contributed by atoms with Gasteiger partial charge in [-0.1, -0.05) is 40.9 Å². The Morgan fingerprint density at radius 2 is 1.87 bits per heavy atom. The molecule has 0 saturated carbocycles. The Morgan fingerprint density at radius 1 is 1.16 bits per heavy atom. The van der Waals surface area contributed by atoms with Crippen LogP contribution in [0.15, 0.2) is 24.4 Å². The van der Waals surface area contributed by atoms with E-state index >= 15 is 0 Å². The highest BCUT2D eigenvalue weighted by Gasteiger charge is 2.42. The molecule has 1 aromatic heterocycles. The number of amides is 1. The fourth-order valence-electron chi connectivity index (χ4n) is 3.89. The van der Waals surface area contributed by atoms with Crippen molar-refractivity contribution in [3.63, 3.8) is 0 Å². The van der Waals surface area contributed by atoms with Gasteiger partial charge in [0.15, 0.2) is 5.82 Å². The molecule has 1 aromatic carbocycles. The number of anilines is 2. The number of hydrogen-bond acceptors (Lipinski definition) is 6. The van der Waals surface area contributed by atoms with Crippen LogP contribution in [0.3, 0.4) is 0 Å². The average molecular weight is 484 g/mol. The van der Waals surface area contributed by atoms with E-state index in [1.165, 1.54) is 0 Å². The molecule has 2 aromatic rings. The van der Waals surface area contributed by atoms with E-state index in [-0.39, 0.29) is 17.4 Å². The van der Waals surface area contributed by atoms with Crippen molar-refractivity contribution < 1.29 is 4.79 Å². The van der Waals surface area contributed by atoms with Crippen molar-refractivity contribution in [2.24, 2.45) is 5.41 Å². The first-order chi connectivity index (χ1) is 14.8. The molecule has 0 unspecified atom stereocenters. The van der Waals surface area contributed by atoms with Crippen molar-refractivity contribution in [1.29, 1.82) is 0 Å². The Bertz CT molecular complexity index is 976. The molecule has 0 bridgehead atoms. The molecule has 31 heavy (non-hydrogen) atoms. The van der Waals surface area contributed by atoms with Gasteiger partial charge in [0.1, 0.15) is 5.02 Å². The third kappa shape index (κ3) is 4.70. The predicted molar refractivity (Wildman–Crippen MR) is 125 cm³/mol. The van der Waals surface area contributed by atoms with Crippen LogP contribution in [0.2, 0.25) is 15.1 Å². The van der Waals surface area contributed by atoms with E-state index in [4.69, 9.17) is 34.8 Å². The van der Waals surface area contributed by atoms with Gasteiger partial charge in [0, 0.05) is 49.3 Å². The number of halogens is 3. The monoisotopic (exact) mass is 482 g/mol. The Kier molecular flexibility index (Phi) is 6.49. The molecule has 7 nitrogen and oxygen atoms in total. The average Bonchev–Trinajstić information content (AvgIpc) is 2.73. The Hall–Kier alpha value is -1.80. The smallest absolute Gasteiger partial charge is 0.231 e. The largest absolute Gasteiger partial charge is 0.362 e. The molecule has 2 N–H and O–H groups in total. The minimum Gasteiger partial charge on any atom is -0.362 e. The number of piperazine rings is 1. The van der Waals surface area contributed by atoms with E-state index in [0.29, 0.717) is 53.0 Å². The lowest BCUT2D eigenvalue weighted by atomic mass is 9.82. The van der Waals surface area contributed by atoms with E-state index in [9.17, 15) is 4.79 Å². The van der Waals surface area contributed by atoms with Crippen LogP contribution >= 0.6 is 34.8 Å². The summed E-state index contributed by atoms with van der Waals surface area (Å²) in [6.07, 6.45) is 1.60. The van der Waals surface area contributed by atoms with Crippen LogP contribution in [-0.4, -0.2) is 60.0 Å². The third-order valence-corrected chi connectivity index (χ3v) is 6.75. The number of benzene rings is 1. The lowest BCUT2D eigenvalue weighted by molar-refractivity contribution is -0.144. The number of carbonyl (C=O) groups excluding carboxylic acids is 1. The molecule has 10 heteroatoms. The van der Waals surface area contributed by atoms with Gasteiger partial charge in [-0.05, 0) is 31.5 Å². The number of hydrogen-bond donors (Lipinski definition) is 2. The van der Waals surface area contributed by atoms with Gasteiger partial charge in [-0.15, -0.1) is 0 Å². The first-order valence-corrected chi connectivity index (χ1v) is 11.4. The lowest BCUT2D eigenvalue weighted by Crippen LogP contribution is -2.62. The van der Waals surface area contributed by atoms with Crippen molar-refractivity contribution in [2.45, 2.75) is 19.9 Å². The molecule has 0 radical (unpaired) electrons. The Labute approximate surface area is 197 Å². The van der Waals surface area contributed by atoms with Crippen molar-refractivity contribution in [2.75, 3.05) is 49.5 Å². The van der Waals surface area contributed by atoms with Crippen LogP contribution in [-0.2, 0) is 4.79 Å². The van der Waals surface area contributed by atoms with Crippen molar-refractivity contribution >= 4 is 52.5 Å². The lowest BCUT2D eigenvalue weighted by Gasteiger charge is -2.44. The van der Waals surface area contributed by atoms with Crippen molar-refractivity contribution in [1.82, 2.24) is 20.2 Å². The maximum absolute atomic E-state index is 12.7. The summed E-state index contributed by atoms with van der Waals surface area (Å²) < 4.78 is 0. The zero-order chi connectivity index (χ0) is 22.2. The zero-order valence-corrected chi connectivity index (χ0v) is 19.7. The van der Waals surface area contributed by atoms with E-state index in [2.05, 4.69) is 25.5 Å². The highest BCUT2D eigenvalue weighted by atomic mass is 35.5. The summed E-state index contributed by atoms with van der Waals surface area (Å²) in [4.78, 5) is 25.8. The van der Waals surface area contributed by atoms with Crippen LogP contribution in [0.1, 0.15) is 25.5 Å². The second-order valence-electron chi connectivity index (χ2n) is 8.34. The van der Waals surface area contributed by atoms with Gasteiger partial charge in [-0.3, -0.25) is 4.79 Å². The van der Waals surface area contributed by atoms with E-state index in [0.717, 1.165) is 18.7 Å². The van der Waals surface area contributed by atoms with Crippen molar-refractivity contribution in [3.8, 4) is 0 Å². The van der Waals surface area contributed by atoms with Gasteiger partial charge < -0.3 is 20.4 Å².